The molecule has 1 aliphatic rings. The third kappa shape index (κ3) is 5.80. The number of hydrogen-bond donors (Lipinski definition) is 1. The molecule has 2 aromatic carbocycles. The summed E-state index contributed by atoms with van der Waals surface area (Å²) in [6.07, 6.45) is 4.12. The number of anilines is 1. The first-order valence-corrected chi connectivity index (χ1v) is 11.7. The number of nitrogens with one attached hydrogen (secondary N) is 1. The van der Waals surface area contributed by atoms with E-state index in [9.17, 15) is 22.0 Å². The van der Waals surface area contributed by atoms with Crippen molar-refractivity contribution in [2.75, 3.05) is 25.5 Å². The summed E-state index contributed by atoms with van der Waals surface area (Å²) in [4.78, 5) is 14.3. The number of carbonyl (C=O) groups is 1. The Kier molecular flexibility index (Phi) is 7.61. The zero-order chi connectivity index (χ0) is 22.4. The van der Waals surface area contributed by atoms with Crippen LogP contribution in [0.2, 0.25) is 0 Å². The van der Waals surface area contributed by atoms with Crippen molar-refractivity contribution in [2.24, 2.45) is 0 Å². The molecular formula is C22H26F2N2O4S. The smallest absolute Gasteiger partial charge is 0.341 e. The van der Waals surface area contributed by atoms with Gasteiger partial charge in [0.15, 0.2) is 0 Å². The van der Waals surface area contributed by atoms with Gasteiger partial charge in [0.1, 0.15) is 5.75 Å². The number of carbonyl (C=O) groups excluding carboxylic acids is 1. The molecular weight excluding hydrogens is 426 g/mol. The number of benzene rings is 2. The number of likely N-dealkylation sites (tertiary alicyclic amines) is 1. The Balaban J connectivity index is 1.68. The molecule has 0 aliphatic carbocycles. The topological polar surface area (TPSA) is 75.7 Å². The number of halogens is 2. The summed E-state index contributed by atoms with van der Waals surface area (Å²) in [7, 11) is -3.04. The van der Waals surface area contributed by atoms with E-state index in [2.05, 4.69) is 10.2 Å². The second-order valence-electron chi connectivity index (χ2n) is 7.49. The van der Waals surface area contributed by atoms with Crippen LogP contribution in [0.3, 0.4) is 0 Å². The minimum absolute atomic E-state index is 0.109. The molecule has 3 rings (SSSR count). The van der Waals surface area contributed by atoms with Crippen LogP contribution in [0.25, 0.3) is 0 Å². The van der Waals surface area contributed by atoms with Gasteiger partial charge in [-0.25, -0.2) is 8.42 Å². The molecule has 1 unspecified atom stereocenters. The molecule has 0 aromatic heterocycles. The van der Waals surface area contributed by atoms with Crippen molar-refractivity contribution in [1.82, 2.24) is 4.90 Å². The standard InChI is InChI=1S/C22H26F2N2O4S/c1-30-18-10-6-16(7-11-18)20-5-3-2-4-14-26(20)15-21(27)25-17-8-12-19(13-9-17)31(28,29)22(23)24/h6-13,20,22H,2-5,14-15H2,1H3,(H,25,27). The minimum atomic E-state index is -4.66. The number of rotatable bonds is 7. The van der Waals surface area contributed by atoms with Crippen LogP contribution in [0, 0.1) is 0 Å². The van der Waals surface area contributed by atoms with Gasteiger partial charge in [0, 0.05) is 11.7 Å². The average molecular weight is 453 g/mol. The fourth-order valence-corrected chi connectivity index (χ4v) is 4.50. The second-order valence-corrected chi connectivity index (χ2v) is 9.40. The van der Waals surface area contributed by atoms with E-state index in [1.807, 2.05) is 24.3 Å². The summed E-state index contributed by atoms with van der Waals surface area (Å²) in [6, 6.07) is 12.7. The zero-order valence-electron chi connectivity index (χ0n) is 17.3. The lowest BCUT2D eigenvalue weighted by molar-refractivity contribution is -0.117. The molecule has 1 heterocycles. The molecule has 31 heavy (non-hydrogen) atoms. The molecule has 1 saturated heterocycles. The summed E-state index contributed by atoms with van der Waals surface area (Å²) in [5, 5.41) is 2.72. The number of alkyl halides is 2. The molecule has 9 heteroatoms. The minimum Gasteiger partial charge on any atom is -0.497 e. The van der Waals surface area contributed by atoms with Crippen LogP contribution in [0.1, 0.15) is 37.3 Å². The SMILES string of the molecule is COc1ccc(C2CCCCCN2CC(=O)Nc2ccc(S(=O)(=O)C(F)F)cc2)cc1. The summed E-state index contributed by atoms with van der Waals surface area (Å²) >= 11 is 0. The Hall–Kier alpha value is -2.52. The van der Waals surface area contributed by atoms with E-state index >= 15 is 0 Å². The van der Waals surface area contributed by atoms with E-state index in [-0.39, 0.29) is 18.5 Å². The van der Waals surface area contributed by atoms with Crippen molar-refractivity contribution < 1.29 is 26.7 Å². The van der Waals surface area contributed by atoms with Gasteiger partial charge in [0.05, 0.1) is 18.6 Å². The van der Waals surface area contributed by atoms with Gasteiger partial charge in [-0.2, -0.15) is 8.78 Å². The summed E-state index contributed by atoms with van der Waals surface area (Å²) < 4.78 is 53.6. The molecule has 168 valence electrons. The molecule has 0 radical (unpaired) electrons. The van der Waals surface area contributed by atoms with E-state index in [0.29, 0.717) is 5.69 Å². The number of amides is 1. The zero-order valence-corrected chi connectivity index (χ0v) is 18.1. The molecule has 1 atom stereocenters. The summed E-state index contributed by atoms with van der Waals surface area (Å²) in [6.45, 7) is 0.962. The van der Waals surface area contributed by atoms with Crippen LogP contribution in [0.15, 0.2) is 53.4 Å². The number of sulfone groups is 1. The summed E-state index contributed by atoms with van der Waals surface area (Å²) in [5.74, 6) is -2.95. The molecule has 1 fully saturated rings. The Labute approximate surface area is 181 Å². The fourth-order valence-electron chi connectivity index (χ4n) is 3.78. The molecule has 1 aliphatic heterocycles. The largest absolute Gasteiger partial charge is 0.497 e. The van der Waals surface area contributed by atoms with Crippen molar-refractivity contribution in [1.29, 1.82) is 0 Å². The highest BCUT2D eigenvalue weighted by atomic mass is 32.2. The van der Waals surface area contributed by atoms with Crippen LogP contribution in [-0.4, -0.2) is 45.2 Å². The molecule has 2 aromatic rings. The maximum atomic E-state index is 12.7. The number of nitrogens with zero attached hydrogens (tertiary/aromatic N) is 1. The first-order chi connectivity index (χ1) is 14.8. The van der Waals surface area contributed by atoms with Crippen molar-refractivity contribution in [2.45, 2.75) is 42.4 Å². The Morgan fingerprint density at radius 1 is 1.10 bits per heavy atom. The lowest BCUT2D eigenvalue weighted by atomic mass is 10.0. The van der Waals surface area contributed by atoms with Gasteiger partial charge in [0.25, 0.3) is 0 Å². The van der Waals surface area contributed by atoms with Gasteiger partial charge < -0.3 is 10.1 Å². The normalized spacial score (nSPS) is 17.9. The fraction of sp³-hybridized carbons (Fsp3) is 0.409. The lowest BCUT2D eigenvalue weighted by Crippen LogP contribution is -2.36. The van der Waals surface area contributed by atoms with Gasteiger partial charge in [-0.3, -0.25) is 9.69 Å². The van der Waals surface area contributed by atoms with Crippen molar-refractivity contribution in [3.05, 3.63) is 54.1 Å². The quantitative estimate of drug-likeness (QED) is 0.680. The monoisotopic (exact) mass is 452 g/mol. The third-order valence-corrected chi connectivity index (χ3v) is 6.81. The highest BCUT2D eigenvalue weighted by molar-refractivity contribution is 7.91. The van der Waals surface area contributed by atoms with Crippen LogP contribution in [-0.2, 0) is 14.6 Å². The Bertz CT molecular complexity index is 980. The second kappa shape index (κ2) is 10.2. The lowest BCUT2D eigenvalue weighted by Gasteiger charge is -2.29. The highest BCUT2D eigenvalue weighted by Gasteiger charge is 2.27. The maximum absolute atomic E-state index is 12.7. The Morgan fingerprint density at radius 3 is 2.39 bits per heavy atom. The van der Waals surface area contributed by atoms with Crippen molar-refractivity contribution in [3.63, 3.8) is 0 Å². The van der Waals surface area contributed by atoms with Crippen LogP contribution in [0.4, 0.5) is 14.5 Å². The molecule has 1 amide bonds. The predicted octanol–water partition coefficient (Wildman–Crippen LogP) is 4.25. The van der Waals surface area contributed by atoms with Crippen molar-refractivity contribution >= 4 is 21.4 Å². The Morgan fingerprint density at radius 2 is 1.77 bits per heavy atom. The highest BCUT2D eigenvalue weighted by Crippen LogP contribution is 2.31. The average Bonchev–Trinajstić information content (AvgIpc) is 2.99. The molecule has 0 saturated carbocycles. The summed E-state index contributed by atoms with van der Waals surface area (Å²) in [5.41, 5.74) is 1.48. The van der Waals surface area contributed by atoms with Gasteiger partial charge in [-0.15, -0.1) is 0 Å². The number of methoxy groups -OCH3 is 1. The van der Waals surface area contributed by atoms with Crippen LogP contribution in [0.5, 0.6) is 5.75 Å². The maximum Gasteiger partial charge on any atom is 0.341 e. The number of hydrogen-bond acceptors (Lipinski definition) is 5. The first kappa shape index (κ1) is 23.1. The molecule has 0 bridgehead atoms. The van der Waals surface area contributed by atoms with Gasteiger partial charge in [-0.1, -0.05) is 25.0 Å². The van der Waals surface area contributed by atoms with E-state index in [0.717, 1.165) is 55.7 Å². The van der Waals surface area contributed by atoms with Gasteiger partial charge >= 0.3 is 5.76 Å². The number of ether oxygens (including phenoxy) is 1. The van der Waals surface area contributed by atoms with E-state index in [1.54, 1.807) is 7.11 Å². The van der Waals surface area contributed by atoms with Gasteiger partial charge in [0.2, 0.25) is 15.7 Å². The molecule has 0 spiro atoms. The first-order valence-electron chi connectivity index (χ1n) is 10.1. The molecule has 1 N–H and O–H groups in total. The molecule has 6 nitrogen and oxygen atoms in total. The third-order valence-electron chi connectivity index (χ3n) is 5.41. The van der Waals surface area contributed by atoms with Crippen molar-refractivity contribution in [3.8, 4) is 5.75 Å². The van der Waals surface area contributed by atoms with Gasteiger partial charge in [-0.05, 0) is 61.3 Å². The van der Waals surface area contributed by atoms with Crippen LogP contribution >= 0.6 is 0 Å². The van der Waals surface area contributed by atoms with E-state index in [1.165, 1.54) is 12.1 Å². The van der Waals surface area contributed by atoms with Crippen LogP contribution < -0.4 is 10.1 Å². The predicted molar refractivity (Wildman–Crippen MR) is 114 cm³/mol. The van der Waals surface area contributed by atoms with E-state index in [4.69, 9.17) is 4.74 Å². The van der Waals surface area contributed by atoms with E-state index < -0.39 is 20.5 Å².